The van der Waals surface area contributed by atoms with Crippen LogP contribution in [0.15, 0.2) is 30.3 Å². The van der Waals surface area contributed by atoms with Crippen LogP contribution in [0.4, 0.5) is 0 Å². The Morgan fingerprint density at radius 1 is 1.13 bits per heavy atom. The zero-order chi connectivity index (χ0) is 21.3. The standard InChI is InChI=1S/C24H34N2O4/c1-17-7-13-21(15-17)30-24(28)23(20-5-3-2-4-6-20)25-16-19-10-8-18(9-11-19)12-14-22(27)26-29/h8-12,14,17,20-21,23,25,29H,2-7,13,15-16H2,1H3,(H,26,27)/t17?,21?,23-/m0/s1. The van der Waals surface area contributed by atoms with Crippen molar-refractivity contribution in [3.05, 3.63) is 41.5 Å². The first-order valence-corrected chi connectivity index (χ1v) is 11.2. The molecule has 3 rings (SSSR count). The van der Waals surface area contributed by atoms with E-state index in [1.54, 1.807) is 11.6 Å². The molecule has 2 aliphatic rings. The molecule has 164 valence electrons. The van der Waals surface area contributed by atoms with Crippen LogP contribution in [0.25, 0.3) is 6.08 Å². The lowest BCUT2D eigenvalue weighted by molar-refractivity contribution is -0.153. The quantitative estimate of drug-likeness (QED) is 0.259. The van der Waals surface area contributed by atoms with E-state index in [0.717, 1.165) is 43.2 Å². The maximum atomic E-state index is 13.0. The van der Waals surface area contributed by atoms with Crippen LogP contribution in [-0.4, -0.2) is 29.2 Å². The lowest BCUT2D eigenvalue weighted by Crippen LogP contribution is -2.45. The molecule has 3 N–H and O–H groups in total. The first-order valence-electron chi connectivity index (χ1n) is 11.2. The van der Waals surface area contributed by atoms with Crippen molar-refractivity contribution in [2.24, 2.45) is 11.8 Å². The predicted octanol–water partition coefficient (Wildman–Crippen LogP) is 3.98. The van der Waals surface area contributed by atoms with E-state index in [1.807, 2.05) is 24.3 Å². The zero-order valence-corrected chi connectivity index (χ0v) is 17.8. The molecule has 2 unspecified atom stereocenters. The van der Waals surface area contributed by atoms with Gasteiger partial charge in [0.05, 0.1) is 0 Å². The number of hydrogen-bond acceptors (Lipinski definition) is 5. The lowest BCUT2D eigenvalue weighted by atomic mass is 9.83. The van der Waals surface area contributed by atoms with Crippen LogP contribution in [0, 0.1) is 11.8 Å². The molecule has 0 aromatic heterocycles. The Morgan fingerprint density at radius 3 is 2.50 bits per heavy atom. The number of ether oxygens (including phenoxy) is 1. The maximum absolute atomic E-state index is 13.0. The van der Waals surface area contributed by atoms with Gasteiger partial charge in [0.15, 0.2) is 0 Å². The molecule has 1 aromatic carbocycles. The second kappa shape index (κ2) is 11.3. The number of amides is 1. The van der Waals surface area contributed by atoms with E-state index < -0.39 is 5.91 Å². The molecule has 1 amide bonds. The van der Waals surface area contributed by atoms with Gasteiger partial charge in [0.1, 0.15) is 12.1 Å². The highest BCUT2D eigenvalue weighted by atomic mass is 16.5. The second-order valence-corrected chi connectivity index (χ2v) is 8.78. The molecule has 30 heavy (non-hydrogen) atoms. The fourth-order valence-electron chi connectivity index (χ4n) is 4.59. The van der Waals surface area contributed by atoms with Crippen LogP contribution in [-0.2, 0) is 20.9 Å². The van der Waals surface area contributed by atoms with E-state index in [4.69, 9.17) is 9.94 Å². The van der Waals surface area contributed by atoms with Crippen LogP contribution >= 0.6 is 0 Å². The summed E-state index contributed by atoms with van der Waals surface area (Å²) in [7, 11) is 0. The summed E-state index contributed by atoms with van der Waals surface area (Å²) >= 11 is 0. The van der Waals surface area contributed by atoms with Gasteiger partial charge in [-0.1, -0.05) is 50.5 Å². The fourth-order valence-corrected chi connectivity index (χ4v) is 4.59. The Hall–Kier alpha value is -2.18. The molecule has 0 radical (unpaired) electrons. The lowest BCUT2D eigenvalue weighted by Gasteiger charge is -2.30. The smallest absolute Gasteiger partial charge is 0.323 e. The number of carbonyl (C=O) groups excluding carboxylic acids is 2. The number of carbonyl (C=O) groups is 2. The topological polar surface area (TPSA) is 87.7 Å². The van der Waals surface area contributed by atoms with Crippen molar-refractivity contribution in [1.82, 2.24) is 10.8 Å². The minimum absolute atomic E-state index is 0.0718. The molecule has 2 aliphatic carbocycles. The third-order valence-electron chi connectivity index (χ3n) is 6.35. The number of nitrogens with one attached hydrogen (secondary N) is 2. The van der Waals surface area contributed by atoms with Crippen LogP contribution in [0.1, 0.15) is 69.4 Å². The summed E-state index contributed by atoms with van der Waals surface area (Å²) in [6.07, 6.45) is 11.8. The maximum Gasteiger partial charge on any atom is 0.323 e. The van der Waals surface area contributed by atoms with Gasteiger partial charge in [-0.25, -0.2) is 5.48 Å². The van der Waals surface area contributed by atoms with Crippen molar-refractivity contribution >= 4 is 18.0 Å². The zero-order valence-electron chi connectivity index (χ0n) is 17.8. The average molecular weight is 415 g/mol. The van der Waals surface area contributed by atoms with Crippen LogP contribution in [0.3, 0.4) is 0 Å². The average Bonchev–Trinajstić information content (AvgIpc) is 3.18. The van der Waals surface area contributed by atoms with Gasteiger partial charge in [0.25, 0.3) is 5.91 Å². The van der Waals surface area contributed by atoms with Gasteiger partial charge in [-0.2, -0.15) is 0 Å². The van der Waals surface area contributed by atoms with Gasteiger partial charge in [0, 0.05) is 12.6 Å². The SMILES string of the molecule is CC1CCC(OC(=O)[C@@H](NCc2ccc(C=CC(=O)NO)cc2)C2CCCCC2)C1. The van der Waals surface area contributed by atoms with Crippen molar-refractivity contribution < 1.29 is 19.5 Å². The number of esters is 1. The van der Waals surface area contributed by atoms with E-state index in [0.29, 0.717) is 18.4 Å². The molecule has 0 aliphatic heterocycles. The Bertz CT molecular complexity index is 725. The van der Waals surface area contributed by atoms with Crippen molar-refractivity contribution in [1.29, 1.82) is 0 Å². The van der Waals surface area contributed by atoms with Gasteiger partial charge in [0.2, 0.25) is 0 Å². The summed E-state index contributed by atoms with van der Waals surface area (Å²) in [5, 5.41) is 12.0. The van der Waals surface area contributed by atoms with Crippen molar-refractivity contribution in [2.75, 3.05) is 0 Å². The monoisotopic (exact) mass is 414 g/mol. The minimum Gasteiger partial charge on any atom is -0.461 e. The summed E-state index contributed by atoms with van der Waals surface area (Å²) in [6.45, 7) is 2.82. The van der Waals surface area contributed by atoms with Crippen molar-refractivity contribution in [3.63, 3.8) is 0 Å². The third-order valence-corrected chi connectivity index (χ3v) is 6.35. The molecule has 2 saturated carbocycles. The minimum atomic E-state index is -0.564. The molecule has 3 atom stereocenters. The Morgan fingerprint density at radius 2 is 1.87 bits per heavy atom. The Kier molecular flexibility index (Phi) is 8.46. The van der Waals surface area contributed by atoms with Gasteiger partial charge in [-0.05, 0) is 61.1 Å². The molecule has 0 saturated heterocycles. The van der Waals surface area contributed by atoms with Gasteiger partial charge < -0.3 is 10.1 Å². The molecular weight excluding hydrogens is 380 g/mol. The normalized spacial score (nSPS) is 23.4. The highest BCUT2D eigenvalue weighted by molar-refractivity contribution is 5.90. The van der Waals surface area contributed by atoms with Crippen LogP contribution in [0.2, 0.25) is 0 Å². The number of rotatable bonds is 8. The number of hydrogen-bond donors (Lipinski definition) is 3. The first kappa shape index (κ1) is 22.5. The summed E-state index contributed by atoms with van der Waals surface area (Å²) in [6, 6.07) is 7.52. The molecule has 6 heteroatoms. The number of hydroxylamine groups is 1. The second-order valence-electron chi connectivity index (χ2n) is 8.78. The summed E-state index contributed by atoms with van der Waals surface area (Å²) < 4.78 is 5.90. The van der Waals surface area contributed by atoms with E-state index >= 15 is 0 Å². The largest absolute Gasteiger partial charge is 0.461 e. The molecular formula is C24H34N2O4. The van der Waals surface area contributed by atoms with E-state index in [9.17, 15) is 9.59 Å². The molecule has 0 spiro atoms. The van der Waals surface area contributed by atoms with E-state index in [-0.39, 0.29) is 18.1 Å². The summed E-state index contributed by atoms with van der Waals surface area (Å²) in [5.41, 5.74) is 3.50. The highest BCUT2D eigenvalue weighted by Gasteiger charge is 2.33. The summed E-state index contributed by atoms with van der Waals surface area (Å²) in [5.74, 6) is 0.325. The fraction of sp³-hybridized carbons (Fsp3) is 0.583. The van der Waals surface area contributed by atoms with Gasteiger partial charge >= 0.3 is 5.97 Å². The third kappa shape index (κ3) is 6.67. The molecule has 0 heterocycles. The molecule has 2 fully saturated rings. The van der Waals surface area contributed by atoms with E-state index in [2.05, 4.69) is 12.2 Å². The van der Waals surface area contributed by atoms with Crippen LogP contribution < -0.4 is 10.8 Å². The highest BCUT2D eigenvalue weighted by Crippen LogP contribution is 2.30. The number of benzene rings is 1. The molecule has 0 bridgehead atoms. The Balaban J connectivity index is 1.59. The van der Waals surface area contributed by atoms with Crippen molar-refractivity contribution in [3.8, 4) is 0 Å². The van der Waals surface area contributed by atoms with Crippen LogP contribution in [0.5, 0.6) is 0 Å². The predicted molar refractivity (Wildman–Crippen MR) is 116 cm³/mol. The summed E-state index contributed by atoms with van der Waals surface area (Å²) in [4.78, 5) is 24.1. The van der Waals surface area contributed by atoms with Crippen molar-refractivity contribution in [2.45, 2.75) is 77.0 Å². The van der Waals surface area contributed by atoms with E-state index in [1.165, 1.54) is 25.3 Å². The molecule has 6 nitrogen and oxygen atoms in total. The first-order chi connectivity index (χ1) is 14.5. The molecule has 1 aromatic rings. The van der Waals surface area contributed by atoms with Gasteiger partial charge in [-0.15, -0.1) is 0 Å². The Labute approximate surface area is 179 Å². The van der Waals surface area contributed by atoms with Gasteiger partial charge in [-0.3, -0.25) is 14.8 Å².